The Hall–Kier alpha value is -1.55. The van der Waals surface area contributed by atoms with E-state index >= 15 is 0 Å². The van der Waals surface area contributed by atoms with E-state index in [0.29, 0.717) is 5.69 Å². The molecule has 4 heteroatoms. The van der Waals surface area contributed by atoms with Gasteiger partial charge < -0.3 is 5.11 Å². The lowest BCUT2D eigenvalue weighted by Gasteiger charge is -1.95. The van der Waals surface area contributed by atoms with Gasteiger partial charge in [0.1, 0.15) is 0 Å². The highest BCUT2D eigenvalue weighted by molar-refractivity contribution is 5.87. The topological polar surface area (TPSA) is 69.2 Å². The molecule has 1 aromatic carbocycles. The highest BCUT2D eigenvalue weighted by Gasteiger charge is 2.00. The van der Waals surface area contributed by atoms with Gasteiger partial charge in [0.2, 0.25) is 0 Å². The first-order valence-electron chi connectivity index (χ1n) is 2.95. The van der Waals surface area contributed by atoms with Crippen molar-refractivity contribution in [2.45, 2.75) is 0 Å². The average Bonchev–Trinajstić information content (AvgIpc) is 2.05. The zero-order valence-electron chi connectivity index (χ0n) is 5.57. The maximum atomic E-state index is 10.3. The minimum Gasteiger partial charge on any atom is -0.478 e. The van der Waals surface area contributed by atoms with E-state index in [1.165, 1.54) is 24.3 Å². The summed E-state index contributed by atoms with van der Waals surface area (Å²) in [6, 6.07) is 5.55. The van der Waals surface area contributed by atoms with Crippen LogP contribution in [0.15, 0.2) is 24.3 Å². The van der Waals surface area contributed by atoms with Crippen LogP contribution in [0.3, 0.4) is 0 Å². The molecule has 0 aromatic heterocycles. The van der Waals surface area contributed by atoms with Gasteiger partial charge in [-0.15, -0.1) is 0 Å². The standard InChI is InChI=1S/C7H6NO3/c9-7(10)5-1-3-6(8-11)4-2-5/h1-4,8H,(H,9,10). The summed E-state index contributed by atoms with van der Waals surface area (Å²) in [5.74, 6) is -0.998. The second kappa shape index (κ2) is 3.03. The summed E-state index contributed by atoms with van der Waals surface area (Å²) >= 11 is 0. The van der Waals surface area contributed by atoms with Crippen LogP contribution in [0.4, 0.5) is 5.69 Å². The Kier molecular flexibility index (Phi) is 2.08. The number of nitrogens with one attached hydrogen (secondary N) is 1. The second-order valence-corrected chi connectivity index (χ2v) is 1.98. The third-order valence-electron chi connectivity index (χ3n) is 1.25. The minimum absolute atomic E-state index is 0.170. The molecule has 0 saturated heterocycles. The highest BCUT2D eigenvalue weighted by atomic mass is 16.5. The molecule has 0 heterocycles. The molecule has 0 aliphatic heterocycles. The van der Waals surface area contributed by atoms with Crippen molar-refractivity contribution in [1.82, 2.24) is 0 Å². The van der Waals surface area contributed by atoms with E-state index in [9.17, 15) is 10.0 Å². The number of carboxylic acid groups (broad SMARTS) is 1. The summed E-state index contributed by atoms with van der Waals surface area (Å²) in [4.78, 5) is 10.3. The van der Waals surface area contributed by atoms with Crippen molar-refractivity contribution in [2.24, 2.45) is 0 Å². The molecular weight excluding hydrogens is 146 g/mol. The Bertz CT molecular complexity index is 255. The van der Waals surface area contributed by atoms with Gasteiger partial charge in [-0.05, 0) is 24.3 Å². The molecular formula is C7H6NO3. The highest BCUT2D eigenvalue weighted by Crippen LogP contribution is 2.07. The predicted molar refractivity (Wildman–Crippen MR) is 37.7 cm³/mol. The normalized spacial score (nSPS) is 9.18. The molecule has 0 spiro atoms. The second-order valence-electron chi connectivity index (χ2n) is 1.98. The fourth-order valence-corrected chi connectivity index (χ4v) is 0.681. The van der Waals surface area contributed by atoms with Crippen LogP contribution in [0.5, 0.6) is 0 Å². The van der Waals surface area contributed by atoms with E-state index in [1.807, 2.05) is 0 Å². The lowest BCUT2D eigenvalue weighted by Crippen LogP contribution is -1.95. The molecule has 0 unspecified atom stereocenters. The molecule has 0 amide bonds. The van der Waals surface area contributed by atoms with E-state index in [4.69, 9.17) is 5.11 Å². The minimum atomic E-state index is -0.998. The molecule has 0 fully saturated rings. The van der Waals surface area contributed by atoms with Crippen molar-refractivity contribution in [1.29, 1.82) is 0 Å². The third kappa shape index (κ3) is 1.68. The van der Waals surface area contributed by atoms with Crippen LogP contribution in [0, 0.1) is 0 Å². The molecule has 0 saturated carbocycles. The Morgan fingerprint density at radius 3 is 2.18 bits per heavy atom. The van der Waals surface area contributed by atoms with Gasteiger partial charge in [0.15, 0.2) is 0 Å². The number of aromatic carboxylic acids is 1. The van der Waals surface area contributed by atoms with Gasteiger partial charge >= 0.3 is 5.97 Å². The fourth-order valence-electron chi connectivity index (χ4n) is 0.681. The van der Waals surface area contributed by atoms with Crippen molar-refractivity contribution in [3.63, 3.8) is 0 Å². The number of rotatable bonds is 2. The molecule has 0 aliphatic rings. The smallest absolute Gasteiger partial charge is 0.335 e. The Morgan fingerprint density at radius 1 is 1.27 bits per heavy atom. The van der Waals surface area contributed by atoms with Crippen LogP contribution in [0.1, 0.15) is 10.4 Å². The van der Waals surface area contributed by atoms with Crippen LogP contribution in [-0.2, 0) is 5.21 Å². The summed E-state index contributed by atoms with van der Waals surface area (Å²) in [7, 11) is 0. The molecule has 2 N–H and O–H groups in total. The van der Waals surface area contributed by atoms with Gasteiger partial charge in [-0.25, -0.2) is 10.3 Å². The molecule has 0 atom stereocenters. The maximum Gasteiger partial charge on any atom is 0.335 e. The number of carbonyl (C=O) groups is 1. The Balaban J connectivity index is 2.91. The summed E-state index contributed by atoms with van der Waals surface area (Å²) in [6.45, 7) is 0. The molecule has 0 aliphatic carbocycles. The fraction of sp³-hybridized carbons (Fsp3) is 0. The van der Waals surface area contributed by atoms with Gasteiger partial charge in [0.05, 0.1) is 11.3 Å². The number of anilines is 1. The van der Waals surface area contributed by atoms with Crippen molar-refractivity contribution < 1.29 is 15.1 Å². The van der Waals surface area contributed by atoms with Gasteiger partial charge in [-0.2, -0.15) is 0 Å². The lowest BCUT2D eigenvalue weighted by molar-refractivity contribution is 0.0697. The monoisotopic (exact) mass is 152 g/mol. The summed E-state index contributed by atoms with van der Waals surface area (Å²) < 4.78 is 0. The van der Waals surface area contributed by atoms with Crippen molar-refractivity contribution in [3.05, 3.63) is 29.8 Å². The SMILES string of the molecule is [O]Nc1ccc(C(=O)O)cc1. The van der Waals surface area contributed by atoms with Crippen molar-refractivity contribution in [3.8, 4) is 0 Å². The van der Waals surface area contributed by atoms with Crippen molar-refractivity contribution >= 4 is 11.7 Å². The Morgan fingerprint density at radius 2 is 1.82 bits per heavy atom. The van der Waals surface area contributed by atoms with Gasteiger partial charge in [0.25, 0.3) is 0 Å². The number of carboxylic acids is 1. The van der Waals surface area contributed by atoms with E-state index in [-0.39, 0.29) is 5.56 Å². The largest absolute Gasteiger partial charge is 0.478 e. The van der Waals surface area contributed by atoms with Gasteiger partial charge in [-0.3, -0.25) is 0 Å². The van der Waals surface area contributed by atoms with E-state index < -0.39 is 5.97 Å². The maximum absolute atomic E-state index is 10.3. The van der Waals surface area contributed by atoms with Gasteiger partial charge in [0, 0.05) is 0 Å². The van der Waals surface area contributed by atoms with Crippen molar-refractivity contribution in [2.75, 3.05) is 5.48 Å². The van der Waals surface area contributed by atoms with Crippen LogP contribution in [-0.4, -0.2) is 11.1 Å². The predicted octanol–water partition coefficient (Wildman–Crippen LogP) is 1.14. The quantitative estimate of drug-likeness (QED) is 0.624. The van der Waals surface area contributed by atoms with E-state index in [0.717, 1.165) is 0 Å². The first-order valence-corrected chi connectivity index (χ1v) is 2.95. The zero-order chi connectivity index (χ0) is 8.27. The molecule has 4 nitrogen and oxygen atoms in total. The van der Waals surface area contributed by atoms with E-state index in [2.05, 4.69) is 0 Å². The summed E-state index contributed by atoms with van der Waals surface area (Å²) in [5, 5.41) is 18.5. The number of hydrogen-bond donors (Lipinski definition) is 2. The Labute approximate surface area is 63.1 Å². The van der Waals surface area contributed by atoms with Crippen LogP contribution >= 0.6 is 0 Å². The molecule has 57 valence electrons. The van der Waals surface area contributed by atoms with E-state index in [1.54, 1.807) is 5.48 Å². The molecule has 1 rings (SSSR count). The van der Waals surface area contributed by atoms with Crippen LogP contribution < -0.4 is 5.48 Å². The molecule has 1 aromatic rings. The molecule has 11 heavy (non-hydrogen) atoms. The summed E-state index contributed by atoms with van der Waals surface area (Å²) in [5.41, 5.74) is 2.18. The molecule has 0 bridgehead atoms. The number of hydrogen-bond acceptors (Lipinski definition) is 2. The average molecular weight is 152 g/mol. The third-order valence-corrected chi connectivity index (χ3v) is 1.25. The van der Waals surface area contributed by atoms with Gasteiger partial charge in [-0.1, -0.05) is 5.21 Å². The van der Waals surface area contributed by atoms with Crippen LogP contribution in [0.25, 0.3) is 0 Å². The van der Waals surface area contributed by atoms with Crippen LogP contribution in [0.2, 0.25) is 0 Å². The summed E-state index contributed by atoms with van der Waals surface area (Å²) in [6.07, 6.45) is 0. The zero-order valence-corrected chi connectivity index (χ0v) is 5.57. The first-order chi connectivity index (χ1) is 5.24. The number of benzene rings is 1. The lowest BCUT2D eigenvalue weighted by atomic mass is 10.2. The molecule has 1 radical (unpaired) electrons. The first kappa shape index (κ1) is 7.56.